The van der Waals surface area contributed by atoms with E-state index in [0.29, 0.717) is 19.2 Å². The van der Waals surface area contributed by atoms with Crippen molar-refractivity contribution in [3.05, 3.63) is 59.9 Å². The smallest absolute Gasteiger partial charge is 0.317 e. The molecule has 2 aromatic rings. The molecule has 1 N–H and O–H groups in total. The maximum absolute atomic E-state index is 12.5. The lowest BCUT2D eigenvalue weighted by atomic mass is 10.0. The van der Waals surface area contributed by atoms with Crippen LogP contribution in [0, 0.1) is 0 Å². The summed E-state index contributed by atoms with van der Waals surface area (Å²) in [4.78, 5) is 21.1. The van der Waals surface area contributed by atoms with E-state index in [1.807, 2.05) is 41.3 Å². The summed E-state index contributed by atoms with van der Waals surface area (Å²) in [5, 5.41) is 3.05. The lowest BCUT2D eigenvalue weighted by molar-refractivity contribution is 0.134. The summed E-state index contributed by atoms with van der Waals surface area (Å²) >= 11 is 0. The molecular formula is C23H30N4O2. The zero-order valence-corrected chi connectivity index (χ0v) is 16.9. The normalized spacial score (nSPS) is 18.0. The molecule has 0 spiro atoms. The van der Waals surface area contributed by atoms with Crippen LogP contribution in [0.15, 0.2) is 48.8 Å². The van der Waals surface area contributed by atoms with Crippen molar-refractivity contribution in [2.75, 3.05) is 26.2 Å². The Morgan fingerprint density at radius 3 is 2.48 bits per heavy atom. The number of hydrogen-bond acceptors (Lipinski definition) is 4. The van der Waals surface area contributed by atoms with Crippen LogP contribution in [0.4, 0.5) is 4.79 Å². The van der Waals surface area contributed by atoms with E-state index in [1.54, 1.807) is 12.4 Å². The number of amides is 2. The number of nitrogens with zero attached hydrogens (tertiary/aromatic N) is 3. The SMILES string of the molecule is O=C(NCc1ccc(OCc2cccnc2)cc1)N1CCC(N2CCCC2)CC1. The highest BCUT2D eigenvalue weighted by atomic mass is 16.5. The lowest BCUT2D eigenvalue weighted by Crippen LogP contribution is -2.48. The number of carbonyl (C=O) groups excluding carboxylic acids is 1. The Labute approximate surface area is 172 Å². The number of hydrogen-bond donors (Lipinski definition) is 1. The first-order valence-corrected chi connectivity index (χ1v) is 10.7. The third kappa shape index (κ3) is 5.48. The molecule has 3 heterocycles. The molecule has 29 heavy (non-hydrogen) atoms. The van der Waals surface area contributed by atoms with Gasteiger partial charge in [-0.25, -0.2) is 4.79 Å². The summed E-state index contributed by atoms with van der Waals surface area (Å²) in [7, 11) is 0. The van der Waals surface area contributed by atoms with Gasteiger partial charge >= 0.3 is 6.03 Å². The van der Waals surface area contributed by atoms with Gasteiger partial charge in [-0.1, -0.05) is 18.2 Å². The second-order valence-electron chi connectivity index (χ2n) is 7.91. The minimum atomic E-state index is 0.0433. The molecule has 0 aliphatic carbocycles. The number of urea groups is 1. The maximum atomic E-state index is 12.5. The van der Waals surface area contributed by atoms with Crippen LogP contribution in [0.5, 0.6) is 5.75 Å². The highest BCUT2D eigenvalue weighted by Gasteiger charge is 2.28. The molecule has 154 valence electrons. The fraction of sp³-hybridized carbons (Fsp3) is 0.478. The van der Waals surface area contributed by atoms with Crippen LogP contribution in [0.2, 0.25) is 0 Å². The summed E-state index contributed by atoms with van der Waals surface area (Å²) < 4.78 is 5.78. The Bertz CT molecular complexity index is 767. The summed E-state index contributed by atoms with van der Waals surface area (Å²) in [6.07, 6.45) is 8.40. The van der Waals surface area contributed by atoms with Crippen molar-refractivity contribution in [1.82, 2.24) is 20.1 Å². The van der Waals surface area contributed by atoms with Gasteiger partial charge in [0.1, 0.15) is 12.4 Å². The van der Waals surface area contributed by atoms with Crippen molar-refractivity contribution in [2.24, 2.45) is 0 Å². The molecular weight excluding hydrogens is 364 g/mol. The highest BCUT2D eigenvalue weighted by Crippen LogP contribution is 2.21. The largest absolute Gasteiger partial charge is 0.489 e. The van der Waals surface area contributed by atoms with E-state index < -0.39 is 0 Å². The molecule has 2 fully saturated rings. The van der Waals surface area contributed by atoms with Crippen LogP contribution < -0.4 is 10.1 Å². The molecule has 2 saturated heterocycles. The van der Waals surface area contributed by atoms with Crippen molar-refractivity contribution in [1.29, 1.82) is 0 Å². The van der Waals surface area contributed by atoms with Gasteiger partial charge < -0.3 is 19.9 Å². The van der Waals surface area contributed by atoms with Crippen LogP contribution in [0.1, 0.15) is 36.8 Å². The van der Waals surface area contributed by atoms with Gasteiger partial charge in [0, 0.05) is 43.6 Å². The third-order valence-electron chi connectivity index (χ3n) is 5.90. The number of ether oxygens (including phenoxy) is 1. The molecule has 2 aliphatic heterocycles. The number of aromatic nitrogens is 1. The summed E-state index contributed by atoms with van der Waals surface area (Å²) in [6, 6.07) is 12.5. The first-order valence-electron chi connectivity index (χ1n) is 10.7. The highest BCUT2D eigenvalue weighted by molar-refractivity contribution is 5.74. The number of pyridine rings is 1. The molecule has 1 aromatic carbocycles. The Hall–Kier alpha value is -2.60. The van der Waals surface area contributed by atoms with Gasteiger partial charge in [0.15, 0.2) is 0 Å². The molecule has 0 saturated carbocycles. The van der Waals surface area contributed by atoms with Crippen LogP contribution in [-0.4, -0.2) is 53.0 Å². The fourth-order valence-electron chi connectivity index (χ4n) is 4.18. The predicted molar refractivity (Wildman–Crippen MR) is 113 cm³/mol. The van der Waals surface area contributed by atoms with E-state index in [0.717, 1.165) is 42.8 Å². The van der Waals surface area contributed by atoms with Crippen molar-refractivity contribution in [3.8, 4) is 5.75 Å². The van der Waals surface area contributed by atoms with E-state index in [-0.39, 0.29) is 6.03 Å². The van der Waals surface area contributed by atoms with E-state index in [2.05, 4.69) is 15.2 Å². The molecule has 0 bridgehead atoms. The van der Waals surface area contributed by atoms with E-state index in [1.165, 1.54) is 25.9 Å². The Kier molecular flexibility index (Phi) is 6.62. The monoisotopic (exact) mass is 394 g/mol. The van der Waals surface area contributed by atoms with Crippen molar-refractivity contribution < 1.29 is 9.53 Å². The van der Waals surface area contributed by atoms with Gasteiger partial charge in [0.25, 0.3) is 0 Å². The van der Waals surface area contributed by atoms with Crippen molar-refractivity contribution in [3.63, 3.8) is 0 Å². The van der Waals surface area contributed by atoms with Crippen LogP contribution in [-0.2, 0) is 13.2 Å². The van der Waals surface area contributed by atoms with Crippen molar-refractivity contribution >= 4 is 6.03 Å². The summed E-state index contributed by atoms with van der Waals surface area (Å²) in [5.74, 6) is 0.813. The summed E-state index contributed by atoms with van der Waals surface area (Å²) in [6.45, 7) is 5.21. The lowest BCUT2D eigenvalue weighted by Gasteiger charge is -2.36. The Balaban J connectivity index is 1.18. The fourth-order valence-corrected chi connectivity index (χ4v) is 4.18. The summed E-state index contributed by atoms with van der Waals surface area (Å²) in [5.41, 5.74) is 2.11. The molecule has 1 aromatic heterocycles. The number of nitrogens with one attached hydrogen (secondary N) is 1. The zero-order valence-electron chi connectivity index (χ0n) is 16.9. The molecule has 2 aliphatic rings. The molecule has 0 radical (unpaired) electrons. The number of benzene rings is 1. The van der Waals surface area contributed by atoms with Gasteiger partial charge in [-0.3, -0.25) is 4.98 Å². The average molecular weight is 395 g/mol. The van der Waals surface area contributed by atoms with Gasteiger partial charge in [0.05, 0.1) is 0 Å². The van der Waals surface area contributed by atoms with Crippen molar-refractivity contribution in [2.45, 2.75) is 44.9 Å². The van der Waals surface area contributed by atoms with E-state index >= 15 is 0 Å². The topological polar surface area (TPSA) is 57.7 Å². The second kappa shape index (κ2) is 9.74. The predicted octanol–water partition coefficient (Wildman–Crippen LogP) is 3.43. The molecule has 0 unspecified atom stereocenters. The van der Waals surface area contributed by atoms with Crippen LogP contribution in [0.25, 0.3) is 0 Å². The Morgan fingerprint density at radius 2 is 1.79 bits per heavy atom. The van der Waals surface area contributed by atoms with E-state index in [4.69, 9.17) is 4.74 Å². The minimum absolute atomic E-state index is 0.0433. The maximum Gasteiger partial charge on any atom is 0.317 e. The van der Waals surface area contributed by atoms with E-state index in [9.17, 15) is 4.79 Å². The van der Waals surface area contributed by atoms with Gasteiger partial charge in [0.2, 0.25) is 0 Å². The number of likely N-dealkylation sites (tertiary alicyclic amines) is 2. The second-order valence-corrected chi connectivity index (χ2v) is 7.91. The quantitative estimate of drug-likeness (QED) is 0.816. The molecule has 6 nitrogen and oxygen atoms in total. The minimum Gasteiger partial charge on any atom is -0.489 e. The number of carbonyl (C=O) groups is 1. The van der Waals surface area contributed by atoms with Gasteiger partial charge in [-0.05, 0) is 62.5 Å². The standard InChI is InChI=1S/C23H30N4O2/c28-23(27-14-9-21(10-15-27)26-12-1-2-13-26)25-17-19-5-7-22(8-6-19)29-18-20-4-3-11-24-16-20/h3-8,11,16,21H,1-2,9-10,12-15,17-18H2,(H,25,28). The van der Waals surface area contributed by atoms with Gasteiger partial charge in [-0.15, -0.1) is 0 Å². The van der Waals surface area contributed by atoms with Crippen LogP contribution in [0.3, 0.4) is 0 Å². The molecule has 6 heteroatoms. The molecule has 4 rings (SSSR count). The zero-order chi connectivity index (χ0) is 19.9. The third-order valence-corrected chi connectivity index (χ3v) is 5.90. The first kappa shape index (κ1) is 19.7. The van der Waals surface area contributed by atoms with Gasteiger partial charge in [-0.2, -0.15) is 0 Å². The molecule has 0 atom stereocenters. The number of piperidine rings is 1. The Morgan fingerprint density at radius 1 is 1.03 bits per heavy atom. The molecule has 2 amide bonds. The first-order chi connectivity index (χ1) is 14.3. The average Bonchev–Trinajstić information content (AvgIpc) is 3.33. The number of rotatable bonds is 6. The van der Waals surface area contributed by atoms with Crippen LogP contribution >= 0.6 is 0 Å².